The van der Waals surface area contributed by atoms with E-state index in [1.165, 1.54) is 0 Å². The van der Waals surface area contributed by atoms with E-state index in [-0.39, 0.29) is 12.0 Å². The first-order valence-corrected chi connectivity index (χ1v) is 7.78. The average molecular weight is 296 g/mol. The summed E-state index contributed by atoms with van der Waals surface area (Å²) < 4.78 is 25.1. The molecule has 0 aromatic heterocycles. The predicted octanol–water partition coefficient (Wildman–Crippen LogP) is 4.89. The molecule has 0 aliphatic heterocycles. The quantitative estimate of drug-likeness (QED) is 0.635. The summed E-state index contributed by atoms with van der Waals surface area (Å²) in [4.78, 5) is 0.545. The Bertz CT molecular complexity index is 473. The number of para-hydroxylation sites is 1. The van der Waals surface area contributed by atoms with Crippen molar-refractivity contribution in [2.75, 3.05) is 5.32 Å². The fourth-order valence-corrected chi connectivity index (χ4v) is 3.22. The number of alkyl halides is 2. The van der Waals surface area contributed by atoms with E-state index in [2.05, 4.69) is 11.4 Å². The van der Waals surface area contributed by atoms with Crippen LogP contribution in [-0.4, -0.2) is 11.8 Å². The lowest BCUT2D eigenvalue weighted by Crippen LogP contribution is -2.27. The second kappa shape index (κ2) is 7.49. The minimum absolute atomic E-state index is 0.0397. The molecule has 2 rings (SSSR count). The van der Waals surface area contributed by atoms with Gasteiger partial charge in [-0.3, -0.25) is 0 Å². The molecule has 0 heterocycles. The van der Waals surface area contributed by atoms with Gasteiger partial charge in [-0.15, -0.1) is 0 Å². The molecule has 0 spiro atoms. The maximum absolute atomic E-state index is 12.6. The van der Waals surface area contributed by atoms with E-state index in [0.717, 1.165) is 32.1 Å². The molecule has 1 N–H and O–H groups in total. The second-order valence-corrected chi connectivity index (χ2v) is 6.03. The smallest absolute Gasteiger partial charge is 0.288 e. The van der Waals surface area contributed by atoms with E-state index in [0.29, 0.717) is 22.3 Å². The molecular formula is C15H18F2N2S. The summed E-state index contributed by atoms with van der Waals surface area (Å²) in [6.07, 6.45) is 5.11. The van der Waals surface area contributed by atoms with Crippen LogP contribution in [0.25, 0.3) is 0 Å². The summed E-state index contributed by atoms with van der Waals surface area (Å²) in [5.41, 5.74) is 0.713. The summed E-state index contributed by atoms with van der Waals surface area (Å²) >= 11 is 0.549. The molecule has 1 saturated carbocycles. The number of nitriles is 1. The Kier molecular flexibility index (Phi) is 5.66. The molecule has 2 atom stereocenters. The van der Waals surface area contributed by atoms with Crippen LogP contribution in [0.3, 0.4) is 0 Å². The third-order valence-electron chi connectivity index (χ3n) is 3.63. The summed E-state index contributed by atoms with van der Waals surface area (Å²) in [5, 5.41) is 12.6. The van der Waals surface area contributed by atoms with E-state index in [1.807, 2.05) is 12.1 Å². The van der Waals surface area contributed by atoms with Crippen LogP contribution in [0.5, 0.6) is 0 Å². The van der Waals surface area contributed by atoms with Crippen molar-refractivity contribution >= 4 is 17.4 Å². The van der Waals surface area contributed by atoms with Gasteiger partial charge in [-0.2, -0.15) is 14.0 Å². The van der Waals surface area contributed by atoms with Crippen molar-refractivity contribution < 1.29 is 8.78 Å². The monoisotopic (exact) mass is 296 g/mol. The summed E-state index contributed by atoms with van der Waals surface area (Å²) in [7, 11) is 0. The zero-order valence-corrected chi connectivity index (χ0v) is 12.0. The Labute approximate surface area is 122 Å². The third kappa shape index (κ3) is 4.11. The van der Waals surface area contributed by atoms with Gasteiger partial charge < -0.3 is 5.32 Å². The topological polar surface area (TPSA) is 35.8 Å². The highest BCUT2D eigenvalue weighted by molar-refractivity contribution is 7.99. The van der Waals surface area contributed by atoms with E-state index in [4.69, 9.17) is 0 Å². The molecule has 108 valence electrons. The summed E-state index contributed by atoms with van der Waals surface area (Å²) in [5.74, 6) is -2.47. The molecule has 0 bridgehead atoms. The van der Waals surface area contributed by atoms with E-state index < -0.39 is 5.76 Å². The van der Waals surface area contributed by atoms with Crippen molar-refractivity contribution in [1.82, 2.24) is 0 Å². The van der Waals surface area contributed by atoms with Crippen LogP contribution in [0, 0.1) is 17.2 Å². The fraction of sp³-hybridized carbons (Fsp3) is 0.533. The van der Waals surface area contributed by atoms with E-state index in [1.54, 1.807) is 12.1 Å². The lowest BCUT2D eigenvalue weighted by Gasteiger charge is -2.23. The first-order chi connectivity index (χ1) is 9.70. The Hall–Kier alpha value is -1.28. The van der Waals surface area contributed by atoms with Gasteiger partial charge in [0.15, 0.2) is 0 Å². The minimum atomic E-state index is -2.43. The van der Waals surface area contributed by atoms with Crippen LogP contribution in [0.15, 0.2) is 29.2 Å². The molecule has 0 radical (unpaired) electrons. The molecule has 1 aromatic carbocycles. The van der Waals surface area contributed by atoms with Crippen molar-refractivity contribution in [3.05, 3.63) is 24.3 Å². The highest BCUT2D eigenvalue weighted by Crippen LogP contribution is 2.34. The number of benzene rings is 1. The van der Waals surface area contributed by atoms with Crippen molar-refractivity contribution in [3.63, 3.8) is 0 Å². The first kappa shape index (κ1) is 15.1. The Morgan fingerprint density at radius 3 is 2.70 bits per heavy atom. The second-order valence-electron chi connectivity index (χ2n) is 5.00. The fourth-order valence-electron chi connectivity index (χ4n) is 2.62. The van der Waals surface area contributed by atoms with Crippen LogP contribution in [0.2, 0.25) is 0 Å². The Morgan fingerprint density at radius 2 is 1.95 bits per heavy atom. The van der Waals surface area contributed by atoms with Gasteiger partial charge in [0.25, 0.3) is 5.76 Å². The Morgan fingerprint density at radius 1 is 1.20 bits per heavy atom. The van der Waals surface area contributed by atoms with Crippen LogP contribution in [-0.2, 0) is 0 Å². The molecule has 20 heavy (non-hydrogen) atoms. The molecule has 1 aliphatic carbocycles. The molecule has 5 heteroatoms. The number of anilines is 1. The SMILES string of the molecule is N#CC1CCCCCC1Nc1ccccc1SC(F)F. The van der Waals surface area contributed by atoms with Gasteiger partial charge >= 0.3 is 0 Å². The van der Waals surface area contributed by atoms with Gasteiger partial charge in [-0.25, -0.2) is 0 Å². The summed E-state index contributed by atoms with van der Waals surface area (Å²) in [6.45, 7) is 0. The average Bonchev–Trinajstić information content (AvgIpc) is 2.65. The number of hydrogen-bond donors (Lipinski definition) is 1. The van der Waals surface area contributed by atoms with Crippen LogP contribution >= 0.6 is 11.8 Å². The maximum Gasteiger partial charge on any atom is 0.288 e. The number of nitrogens with zero attached hydrogens (tertiary/aromatic N) is 1. The van der Waals surface area contributed by atoms with Crippen molar-refractivity contribution in [1.29, 1.82) is 5.26 Å². The number of thioether (sulfide) groups is 1. The van der Waals surface area contributed by atoms with Gasteiger partial charge in [-0.1, -0.05) is 43.2 Å². The maximum atomic E-state index is 12.6. The molecule has 2 nitrogen and oxygen atoms in total. The van der Waals surface area contributed by atoms with Gasteiger partial charge in [-0.05, 0) is 25.0 Å². The Balaban J connectivity index is 2.13. The summed E-state index contributed by atoms with van der Waals surface area (Å²) in [6, 6.07) is 9.50. The number of nitrogens with one attached hydrogen (secondary N) is 1. The number of rotatable bonds is 4. The van der Waals surface area contributed by atoms with Crippen molar-refractivity contribution in [2.45, 2.75) is 48.8 Å². The molecular weight excluding hydrogens is 278 g/mol. The third-order valence-corrected chi connectivity index (χ3v) is 4.41. The van der Waals surface area contributed by atoms with Gasteiger partial charge in [0.1, 0.15) is 0 Å². The van der Waals surface area contributed by atoms with Crippen molar-refractivity contribution in [2.24, 2.45) is 5.92 Å². The molecule has 0 amide bonds. The normalized spacial score (nSPS) is 23.1. The molecule has 1 fully saturated rings. The van der Waals surface area contributed by atoms with Crippen molar-refractivity contribution in [3.8, 4) is 6.07 Å². The highest BCUT2D eigenvalue weighted by Gasteiger charge is 2.24. The van der Waals surface area contributed by atoms with E-state index >= 15 is 0 Å². The predicted molar refractivity (Wildman–Crippen MR) is 77.9 cm³/mol. The first-order valence-electron chi connectivity index (χ1n) is 6.90. The largest absolute Gasteiger partial charge is 0.380 e. The van der Waals surface area contributed by atoms with Crippen LogP contribution in [0.4, 0.5) is 14.5 Å². The van der Waals surface area contributed by atoms with Gasteiger partial charge in [0.05, 0.1) is 12.0 Å². The number of halogens is 2. The molecule has 1 aromatic rings. The van der Waals surface area contributed by atoms with Gasteiger partial charge in [0, 0.05) is 16.6 Å². The zero-order chi connectivity index (χ0) is 14.4. The lowest BCUT2D eigenvalue weighted by molar-refractivity contribution is 0.252. The minimum Gasteiger partial charge on any atom is -0.380 e. The molecule has 1 aliphatic rings. The molecule has 0 saturated heterocycles. The van der Waals surface area contributed by atoms with Gasteiger partial charge in [0.2, 0.25) is 0 Å². The van der Waals surface area contributed by atoms with Crippen LogP contribution < -0.4 is 5.32 Å². The highest BCUT2D eigenvalue weighted by atomic mass is 32.2. The number of hydrogen-bond acceptors (Lipinski definition) is 3. The van der Waals surface area contributed by atoms with Crippen LogP contribution in [0.1, 0.15) is 32.1 Å². The standard InChI is InChI=1S/C15H18F2N2S/c16-15(17)20-14-9-5-4-8-13(14)19-12-7-3-1-2-6-11(12)10-18/h4-5,8-9,11-12,15,19H,1-3,6-7H2. The lowest BCUT2D eigenvalue weighted by atomic mass is 9.96. The van der Waals surface area contributed by atoms with E-state index in [9.17, 15) is 14.0 Å². The molecule has 2 unspecified atom stereocenters. The zero-order valence-electron chi connectivity index (χ0n) is 11.2.